The van der Waals surface area contributed by atoms with Gasteiger partial charge in [0.25, 0.3) is 5.91 Å². The van der Waals surface area contributed by atoms with Crippen LogP contribution in [0.15, 0.2) is 83.5 Å². The largest absolute Gasteiger partial charge is 0.492 e. The monoisotopic (exact) mass is 603 g/mol. The molecule has 0 aromatic heterocycles. The van der Waals surface area contributed by atoms with Crippen LogP contribution in [0, 0.1) is 0 Å². The van der Waals surface area contributed by atoms with Crippen LogP contribution in [0.2, 0.25) is 0 Å². The lowest BCUT2D eigenvalue weighted by Crippen LogP contribution is -2.60. The summed E-state index contributed by atoms with van der Waals surface area (Å²) in [5, 5.41) is 39.5. The number of aliphatic imine (C=N–C) groups is 1. The molecule has 0 unspecified atom stereocenters. The van der Waals surface area contributed by atoms with Crippen molar-refractivity contribution in [2.75, 3.05) is 38.8 Å². The number of nitrogens with zero attached hydrogens (tertiary/aromatic N) is 3. The molecular weight excluding hydrogens is 566 g/mol. The molecule has 0 radical (unpaired) electrons. The second-order valence-corrected chi connectivity index (χ2v) is 10.8. The van der Waals surface area contributed by atoms with Gasteiger partial charge in [-0.1, -0.05) is 36.4 Å². The Morgan fingerprint density at radius 2 is 1.59 bits per heavy atom. The Morgan fingerprint density at radius 3 is 2.23 bits per heavy atom. The summed E-state index contributed by atoms with van der Waals surface area (Å²) in [5.41, 5.74) is 4.18. The van der Waals surface area contributed by atoms with E-state index in [0.717, 1.165) is 22.4 Å². The van der Waals surface area contributed by atoms with E-state index < -0.39 is 37.3 Å². The molecule has 1 fully saturated rings. The Morgan fingerprint density at radius 1 is 0.932 bits per heavy atom. The van der Waals surface area contributed by atoms with Crippen LogP contribution in [0.5, 0.6) is 11.5 Å². The maximum atomic E-state index is 13.0. The first-order valence-electron chi connectivity index (χ1n) is 14.3. The van der Waals surface area contributed by atoms with Crippen molar-refractivity contribution >= 4 is 23.5 Å². The van der Waals surface area contributed by atoms with E-state index in [0.29, 0.717) is 36.2 Å². The molecule has 5 rings (SSSR count). The fraction of sp³-hybridized carbons (Fsp3) is 0.333. The highest BCUT2D eigenvalue weighted by Gasteiger charge is 2.44. The molecule has 0 saturated carbocycles. The third kappa shape index (κ3) is 6.93. The zero-order chi connectivity index (χ0) is 31.4. The predicted molar refractivity (Wildman–Crippen MR) is 165 cm³/mol. The lowest BCUT2D eigenvalue weighted by Gasteiger charge is -2.39. The highest BCUT2D eigenvalue weighted by molar-refractivity contribution is 6.13. The molecule has 3 aromatic rings. The molecule has 11 nitrogen and oxygen atoms in total. The lowest BCUT2D eigenvalue weighted by atomic mass is 9.99. The van der Waals surface area contributed by atoms with Gasteiger partial charge in [-0.15, -0.1) is 0 Å². The predicted octanol–water partition coefficient (Wildman–Crippen LogP) is 2.28. The maximum absolute atomic E-state index is 13.0. The van der Waals surface area contributed by atoms with Crippen molar-refractivity contribution in [1.82, 2.24) is 4.90 Å². The van der Waals surface area contributed by atoms with E-state index in [9.17, 15) is 25.2 Å². The van der Waals surface area contributed by atoms with Crippen molar-refractivity contribution in [1.29, 1.82) is 0 Å². The standard InChI is InChI=1S/C33H37N3O8/c1-20-34-27(18-21-5-4-6-24(17-21)35(2)3)32(41)36(20)15-16-42-25-11-7-22(8-12-25)23-9-13-26(14-10-23)43-33-31(40)30(39)29(38)28(19-37)44-33/h4-14,17-18,28-31,33,37-40H,15-16,19H2,1-3H3/t28-,29-,30+,31-,33-/m1/s1. The van der Waals surface area contributed by atoms with Crippen LogP contribution in [-0.4, -0.2) is 102 Å². The minimum absolute atomic E-state index is 0.157. The molecule has 44 heavy (non-hydrogen) atoms. The molecule has 0 bridgehead atoms. The van der Waals surface area contributed by atoms with Crippen LogP contribution in [0.1, 0.15) is 12.5 Å². The molecule has 2 aliphatic heterocycles. The summed E-state index contributed by atoms with van der Waals surface area (Å²) in [4.78, 5) is 21.1. The number of amidine groups is 1. The number of carbonyl (C=O) groups excluding carboxylic acids is 1. The van der Waals surface area contributed by atoms with Crippen molar-refractivity contribution in [3.05, 3.63) is 84.1 Å². The molecule has 1 saturated heterocycles. The van der Waals surface area contributed by atoms with E-state index in [-0.39, 0.29) is 5.91 Å². The number of aliphatic hydroxyl groups is 4. The fourth-order valence-corrected chi connectivity index (χ4v) is 5.00. The average Bonchev–Trinajstić information content (AvgIpc) is 3.29. The van der Waals surface area contributed by atoms with Crippen LogP contribution in [0.4, 0.5) is 5.69 Å². The van der Waals surface area contributed by atoms with Gasteiger partial charge in [-0.3, -0.25) is 9.69 Å². The Labute approximate surface area is 255 Å². The summed E-state index contributed by atoms with van der Waals surface area (Å²) < 4.78 is 17.0. The molecule has 232 valence electrons. The molecule has 0 aliphatic carbocycles. The molecule has 4 N–H and O–H groups in total. The fourth-order valence-electron chi connectivity index (χ4n) is 5.00. The zero-order valence-electron chi connectivity index (χ0n) is 24.8. The van der Waals surface area contributed by atoms with Gasteiger partial charge in [0.15, 0.2) is 0 Å². The first-order valence-corrected chi connectivity index (χ1v) is 14.3. The number of hydrogen-bond donors (Lipinski definition) is 4. The number of benzene rings is 3. The van der Waals surface area contributed by atoms with E-state index >= 15 is 0 Å². The number of anilines is 1. The molecule has 1 amide bonds. The second-order valence-electron chi connectivity index (χ2n) is 10.8. The summed E-state index contributed by atoms with van der Waals surface area (Å²) in [5.74, 6) is 1.51. The first kappa shape index (κ1) is 31.2. The molecule has 2 aliphatic rings. The minimum atomic E-state index is -1.51. The molecule has 2 heterocycles. The van der Waals surface area contributed by atoms with Crippen LogP contribution in [-0.2, 0) is 9.53 Å². The van der Waals surface area contributed by atoms with E-state index in [1.165, 1.54) is 0 Å². The van der Waals surface area contributed by atoms with E-state index in [2.05, 4.69) is 4.99 Å². The SMILES string of the molecule is CC1=NC(=Cc2cccc(N(C)C)c2)C(=O)N1CCOc1ccc(-c2ccc(O[C@@H]3O[C@H](CO)[C@@H](O)[C@H](O)[C@H]3O)cc2)cc1. The molecule has 0 spiro atoms. The van der Waals surface area contributed by atoms with Gasteiger partial charge in [0.1, 0.15) is 54.1 Å². The second kappa shape index (κ2) is 13.6. The number of ether oxygens (including phenoxy) is 3. The summed E-state index contributed by atoms with van der Waals surface area (Å²) in [6.07, 6.45) is -4.93. The number of aliphatic hydroxyl groups excluding tert-OH is 4. The van der Waals surface area contributed by atoms with Crippen molar-refractivity contribution in [2.24, 2.45) is 4.99 Å². The van der Waals surface area contributed by atoms with Gasteiger partial charge in [0.05, 0.1) is 13.2 Å². The zero-order valence-corrected chi connectivity index (χ0v) is 24.8. The topological polar surface area (TPSA) is 145 Å². The van der Waals surface area contributed by atoms with Gasteiger partial charge in [0, 0.05) is 19.8 Å². The summed E-state index contributed by atoms with van der Waals surface area (Å²) in [6.45, 7) is 1.94. The third-order valence-corrected chi connectivity index (χ3v) is 7.55. The van der Waals surface area contributed by atoms with Gasteiger partial charge in [-0.25, -0.2) is 4.99 Å². The van der Waals surface area contributed by atoms with Gasteiger partial charge in [-0.05, 0) is 66.1 Å². The Kier molecular flexibility index (Phi) is 9.62. The van der Waals surface area contributed by atoms with Crippen molar-refractivity contribution in [2.45, 2.75) is 37.6 Å². The van der Waals surface area contributed by atoms with Crippen LogP contribution in [0.3, 0.4) is 0 Å². The molecule has 11 heteroatoms. The van der Waals surface area contributed by atoms with Gasteiger partial charge < -0.3 is 39.5 Å². The highest BCUT2D eigenvalue weighted by Crippen LogP contribution is 2.28. The number of carbonyl (C=O) groups is 1. The highest BCUT2D eigenvalue weighted by atomic mass is 16.7. The summed E-state index contributed by atoms with van der Waals surface area (Å²) >= 11 is 0. The van der Waals surface area contributed by atoms with Crippen LogP contribution < -0.4 is 14.4 Å². The van der Waals surface area contributed by atoms with E-state index in [1.54, 1.807) is 23.1 Å². The van der Waals surface area contributed by atoms with Gasteiger partial charge >= 0.3 is 0 Å². The average molecular weight is 604 g/mol. The maximum Gasteiger partial charge on any atom is 0.277 e. The quantitative estimate of drug-likeness (QED) is 0.257. The number of amides is 1. The third-order valence-electron chi connectivity index (χ3n) is 7.55. The van der Waals surface area contributed by atoms with E-state index in [1.807, 2.05) is 86.6 Å². The lowest BCUT2D eigenvalue weighted by molar-refractivity contribution is -0.277. The van der Waals surface area contributed by atoms with E-state index in [4.69, 9.17) is 14.2 Å². The van der Waals surface area contributed by atoms with Crippen molar-refractivity contribution in [3.63, 3.8) is 0 Å². The molecular formula is C33H37N3O8. The van der Waals surface area contributed by atoms with Gasteiger partial charge in [0.2, 0.25) is 6.29 Å². The number of hydrogen-bond acceptors (Lipinski definition) is 10. The normalized spacial score (nSPS) is 24.4. The Hall–Kier alpha value is -4.26. The smallest absolute Gasteiger partial charge is 0.277 e. The van der Waals surface area contributed by atoms with Gasteiger partial charge in [-0.2, -0.15) is 0 Å². The molecule has 5 atom stereocenters. The Bertz CT molecular complexity index is 1500. The summed E-state index contributed by atoms with van der Waals surface area (Å²) in [6, 6.07) is 22.5. The number of rotatable bonds is 10. The minimum Gasteiger partial charge on any atom is -0.492 e. The van der Waals surface area contributed by atoms with Crippen molar-refractivity contribution in [3.8, 4) is 22.6 Å². The molecule has 3 aromatic carbocycles. The Balaban J connectivity index is 1.13. The summed E-state index contributed by atoms with van der Waals surface area (Å²) in [7, 11) is 3.94. The first-order chi connectivity index (χ1) is 21.1. The van der Waals surface area contributed by atoms with Crippen LogP contribution in [0.25, 0.3) is 17.2 Å². The van der Waals surface area contributed by atoms with Crippen molar-refractivity contribution < 1.29 is 39.4 Å². The van der Waals surface area contributed by atoms with Crippen LogP contribution >= 0.6 is 0 Å².